The fourth-order valence-corrected chi connectivity index (χ4v) is 2.18. The van der Waals surface area contributed by atoms with Crippen LogP contribution < -0.4 is 5.32 Å². The Morgan fingerprint density at radius 1 is 1.41 bits per heavy atom. The molecular weight excluding hydrogens is 256 g/mol. The zero-order chi connectivity index (χ0) is 12.3. The molecule has 1 heterocycles. The van der Waals surface area contributed by atoms with Gasteiger partial charge in [0.25, 0.3) is 5.91 Å². The summed E-state index contributed by atoms with van der Waals surface area (Å²) in [6.07, 6.45) is 0. The SMILES string of the molecule is Cc1csc(CNC(=O)c2ccc(Cl)cc2)n1. The average Bonchev–Trinajstić information content (AvgIpc) is 2.73. The first-order valence-electron chi connectivity index (χ1n) is 5.10. The van der Waals surface area contributed by atoms with Crippen LogP contribution in [0.2, 0.25) is 5.02 Å². The van der Waals surface area contributed by atoms with Gasteiger partial charge in [-0.25, -0.2) is 4.98 Å². The lowest BCUT2D eigenvalue weighted by molar-refractivity contribution is 0.0951. The number of aryl methyl sites for hydroxylation is 1. The van der Waals surface area contributed by atoms with Crippen molar-refractivity contribution < 1.29 is 4.79 Å². The van der Waals surface area contributed by atoms with Gasteiger partial charge in [-0.3, -0.25) is 4.79 Å². The molecule has 2 rings (SSSR count). The molecule has 2 aromatic rings. The Hall–Kier alpha value is -1.39. The second kappa shape index (κ2) is 5.29. The van der Waals surface area contributed by atoms with Crippen LogP contribution in [0.3, 0.4) is 0 Å². The van der Waals surface area contributed by atoms with Crippen LogP contribution in [-0.4, -0.2) is 10.9 Å². The van der Waals surface area contributed by atoms with Gasteiger partial charge in [0.15, 0.2) is 0 Å². The molecule has 0 saturated carbocycles. The smallest absolute Gasteiger partial charge is 0.251 e. The molecular formula is C12H11ClN2OS. The maximum atomic E-state index is 11.8. The van der Waals surface area contributed by atoms with Gasteiger partial charge in [0.05, 0.1) is 6.54 Å². The first-order chi connectivity index (χ1) is 8.15. The highest BCUT2D eigenvalue weighted by atomic mass is 35.5. The third-order valence-electron chi connectivity index (χ3n) is 2.17. The molecule has 0 radical (unpaired) electrons. The van der Waals surface area contributed by atoms with E-state index < -0.39 is 0 Å². The van der Waals surface area contributed by atoms with E-state index in [-0.39, 0.29) is 5.91 Å². The number of aromatic nitrogens is 1. The molecule has 1 N–H and O–H groups in total. The third-order valence-corrected chi connectivity index (χ3v) is 3.39. The van der Waals surface area contributed by atoms with Crippen molar-refractivity contribution in [1.29, 1.82) is 0 Å². The van der Waals surface area contributed by atoms with Gasteiger partial charge in [-0.2, -0.15) is 0 Å². The molecule has 17 heavy (non-hydrogen) atoms. The Labute approximate surface area is 108 Å². The quantitative estimate of drug-likeness (QED) is 0.928. The molecule has 0 atom stereocenters. The predicted octanol–water partition coefficient (Wildman–Crippen LogP) is 3.03. The molecule has 0 fully saturated rings. The van der Waals surface area contributed by atoms with E-state index in [1.807, 2.05) is 12.3 Å². The van der Waals surface area contributed by atoms with Gasteiger partial charge in [0, 0.05) is 21.7 Å². The highest BCUT2D eigenvalue weighted by molar-refractivity contribution is 7.09. The average molecular weight is 267 g/mol. The van der Waals surface area contributed by atoms with E-state index in [1.165, 1.54) is 0 Å². The number of carbonyl (C=O) groups excluding carboxylic acids is 1. The first-order valence-corrected chi connectivity index (χ1v) is 6.35. The van der Waals surface area contributed by atoms with Crippen molar-refractivity contribution in [2.75, 3.05) is 0 Å². The largest absolute Gasteiger partial charge is 0.346 e. The van der Waals surface area contributed by atoms with Gasteiger partial charge >= 0.3 is 0 Å². The molecule has 88 valence electrons. The van der Waals surface area contributed by atoms with Gasteiger partial charge in [-0.15, -0.1) is 11.3 Å². The van der Waals surface area contributed by atoms with Crippen molar-refractivity contribution in [3.05, 3.63) is 50.9 Å². The van der Waals surface area contributed by atoms with Crippen molar-refractivity contribution in [2.24, 2.45) is 0 Å². The minimum Gasteiger partial charge on any atom is -0.346 e. The Balaban J connectivity index is 1.95. The lowest BCUT2D eigenvalue weighted by Gasteiger charge is -2.02. The maximum Gasteiger partial charge on any atom is 0.251 e. The molecule has 1 aromatic heterocycles. The summed E-state index contributed by atoms with van der Waals surface area (Å²) in [6, 6.07) is 6.80. The van der Waals surface area contributed by atoms with E-state index >= 15 is 0 Å². The van der Waals surface area contributed by atoms with E-state index in [4.69, 9.17) is 11.6 Å². The van der Waals surface area contributed by atoms with Crippen LogP contribution in [0, 0.1) is 6.92 Å². The molecule has 0 saturated heterocycles. The summed E-state index contributed by atoms with van der Waals surface area (Å²) >= 11 is 7.29. The normalized spacial score (nSPS) is 10.2. The highest BCUT2D eigenvalue weighted by Crippen LogP contribution is 2.11. The zero-order valence-corrected chi connectivity index (χ0v) is 10.8. The topological polar surface area (TPSA) is 42.0 Å². The Kier molecular flexibility index (Phi) is 3.76. The molecule has 3 nitrogen and oxygen atoms in total. The molecule has 1 aromatic carbocycles. The van der Waals surface area contributed by atoms with Crippen LogP contribution in [0.15, 0.2) is 29.6 Å². The number of hydrogen-bond acceptors (Lipinski definition) is 3. The molecule has 1 amide bonds. The molecule has 0 aliphatic carbocycles. The highest BCUT2D eigenvalue weighted by Gasteiger charge is 2.06. The fraction of sp³-hybridized carbons (Fsp3) is 0.167. The number of thiazole rings is 1. The third kappa shape index (κ3) is 3.28. The molecule has 0 aliphatic rings. The fourth-order valence-electron chi connectivity index (χ4n) is 1.34. The van der Waals surface area contributed by atoms with E-state index in [0.717, 1.165) is 10.7 Å². The molecule has 0 unspecified atom stereocenters. The molecule has 0 bridgehead atoms. The Morgan fingerprint density at radius 3 is 2.71 bits per heavy atom. The number of carbonyl (C=O) groups is 1. The maximum absolute atomic E-state index is 11.8. The van der Waals surface area contributed by atoms with E-state index in [9.17, 15) is 4.79 Å². The predicted molar refractivity (Wildman–Crippen MR) is 69.5 cm³/mol. The van der Waals surface area contributed by atoms with Crippen molar-refractivity contribution in [3.8, 4) is 0 Å². The monoisotopic (exact) mass is 266 g/mol. The summed E-state index contributed by atoms with van der Waals surface area (Å²) in [7, 11) is 0. The summed E-state index contributed by atoms with van der Waals surface area (Å²) in [5.74, 6) is -0.116. The summed E-state index contributed by atoms with van der Waals surface area (Å²) in [5.41, 5.74) is 1.58. The van der Waals surface area contributed by atoms with Gasteiger partial charge < -0.3 is 5.32 Å². The molecule has 0 aliphatic heterocycles. The number of halogens is 1. The number of nitrogens with zero attached hydrogens (tertiary/aromatic N) is 1. The first kappa shape index (κ1) is 12.1. The summed E-state index contributed by atoms with van der Waals surface area (Å²) < 4.78 is 0. The van der Waals surface area contributed by atoms with Crippen LogP contribution in [0.1, 0.15) is 21.1 Å². The van der Waals surface area contributed by atoms with E-state index in [2.05, 4.69) is 10.3 Å². The van der Waals surface area contributed by atoms with Gasteiger partial charge in [0.1, 0.15) is 5.01 Å². The van der Waals surface area contributed by atoms with Crippen LogP contribution in [-0.2, 0) is 6.54 Å². The molecule has 5 heteroatoms. The number of hydrogen-bond donors (Lipinski definition) is 1. The van der Waals surface area contributed by atoms with E-state index in [0.29, 0.717) is 17.1 Å². The number of rotatable bonds is 3. The number of amides is 1. The second-order valence-corrected chi connectivity index (χ2v) is 4.95. The Bertz CT molecular complexity index is 522. The van der Waals surface area contributed by atoms with Crippen LogP contribution in [0.4, 0.5) is 0 Å². The summed E-state index contributed by atoms with van der Waals surface area (Å²) in [5, 5.41) is 6.31. The van der Waals surface area contributed by atoms with Gasteiger partial charge in [-0.1, -0.05) is 11.6 Å². The number of benzene rings is 1. The Morgan fingerprint density at radius 2 is 2.12 bits per heavy atom. The summed E-state index contributed by atoms with van der Waals surface area (Å²) in [6.45, 7) is 2.39. The summed E-state index contributed by atoms with van der Waals surface area (Å²) in [4.78, 5) is 16.0. The molecule has 0 spiro atoms. The van der Waals surface area contributed by atoms with Crippen LogP contribution in [0.25, 0.3) is 0 Å². The van der Waals surface area contributed by atoms with E-state index in [1.54, 1.807) is 35.6 Å². The van der Waals surface area contributed by atoms with Crippen molar-refractivity contribution in [1.82, 2.24) is 10.3 Å². The van der Waals surface area contributed by atoms with Crippen molar-refractivity contribution >= 4 is 28.8 Å². The number of nitrogens with one attached hydrogen (secondary N) is 1. The van der Waals surface area contributed by atoms with Crippen LogP contribution >= 0.6 is 22.9 Å². The van der Waals surface area contributed by atoms with Gasteiger partial charge in [0.2, 0.25) is 0 Å². The lowest BCUT2D eigenvalue weighted by atomic mass is 10.2. The minimum atomic E-state index is -0.116. The lowest BCUT2D eigenvalue weighted by Crippen LogP contribution is -2.22. The standard InChI is InChI=1S/C12H11ClN2OS/c1-8-7-17-11(15-8)6-14-12(16)9-2-4-10(13)5-3-9/h2-5,7H,6H2,1H3,(H,14,16). The van der Waals surface area contributed by atoms with Crippen LogP contribution in [0.5, 0.6) is 0 Å². The second-order valence-electron chi connectivity index (χ2n) is 3.57. The zero-order valence-electron chi connectivity index (χ0n) is 9.24. The van der Waals surface area contributed by atoms with Gasteiger partial charge in [-0.05, 0) is 31.2 Å². The van der Waals surface area contributed by atoms with Crippen molar-refractivity contribution in [3.63, 3.8) is 0 Å². The van der Waals surface area contributed by atoms with Crippen molar-refractivity contribution in [2.45, 2.75) is 13.5 Å². The minimum absolute atomic E-state index is 0.116.